The molecule has 0 bridgehead atoms. The van der Waals surface area contributed by atoms with E-state index in [2.05, 4.69) is 15.3 Å². The van der Waals surface area contributed by atoms with Gasteiger partial charge in [0.1, 0.15) is 16.7 Å². The van der Waals surface area contributed by atoms with E-state index in [1.165, 1.54) is 16.7 Å². The van der Waals surface area contributed by atoms with Gasteiger partial charge >= 0.3 is 5.97 Å². The van der Waals surface area contributed by atoms with Crippen LogP contribution in [0.3, 0.4) is 0 Å². The lowest BCUT2D eigenvalue weighted by molar-refractivity contribution is -0.137. The molecule has 1 aromatic carbocycles. The summed E-state index contributed by atoms with van der Waals surface area (Å²) < 4.78 is 36.4. The fourth-order valence-corrected chi connectivity index (χ4v) is 6.12. The number of pyridine rings is 1. The summed E-state index contributed by atoms with van der Waals surface area (Å²) in [6.45, 7) is 8.30. The van der Waals surface area contributed by atoms with Gasteiger partial charge < -0.3 is 9.84 Å². The molecule has 0 spiro atoms. The van der Waals surface area contributed by atoms with Gasteiger partial charge in [0.25, 0.3) is 0 Å². The predicted molar refractivity (Wildman–Crippen MR) is 141 cm³/mol. The van der Waals surface area contributed by atoms with Crippen molar-refractivity contribution in [1.82, 2.24) is 24.3 Å². The average molecular weight is 542 g/mol. The summed E-state index contributed by atoms with van der Waals surface area (Å²) in [6, 6.07) is 7.59. The number of hydrogen-bond donors (Lipinski definition) is 1. The van der Waals surface area contributed by atoms with Gasteiger partial charge in [-0.25, -0.2) is 13.1 Å². The molecule has 0 saturated carbocycles. The minimum atomic E-state index is -3.85. The number of benzene rings is 1. The Balaban J connectivity index is 1.61. The number of carboxylic acids is 1. The Morgan fingerprint density at radius 2 is 2.05 bits per heavy atom. The van der Waals surface area contributed by atoms with Gasteiger partial charge in [0, 0.05) is 25.0 Å². The first-order valence-electron chi connectivity index (χ1n) is 12.9. The van der Waals surface area contributed by atoms with Gasteiger partial charge in [0.2, 0.25) is 10.0 Å². The summed E-state index contributed by atoms with van der Waals surface area (Å²) in [4.78, 5) is 15.8. The van der Waals surface area contributed by atoms with Gasteiger partial charge in [-0.15, -0.1) is 5.10 Å². The van der Waals surface area contributed by atoms with Gasteiger partial charge in [-0.2, -0.15) is 4.31 Å². The third-order valence-electron chi connectivity index (χ3n) is 6.97. The van der Waals surface area contributed by atoms with Crippen molar-refractivity contribution in [3.63, 3.8) is 0 Å². The molecule has 2 atom stereocenters. The normalized spacial score (nSPS) is 18.0. The fourth-order valence-electron chi connectivity index (χ4n) is 4.61. The number of nitrogens with zero attached hydrogens (tertiary/aromatic N) is 5. The van der Waals surface area contributed by atoms with Crippen LogP contribution in [-0.2, 0) is 27.8 Å². The topological polar surface area (TPSA) is 128 Å². The number of aromatic nitrogens is 4. The largest absolute Gasteiger partial charge is 0.488 e. The molecule has 0 amide bonds. The molecule has 0 fully saturated rings. The summed E-state index contributed by atoms with van der Waals surface area (Å²) in [5.74, 6) is -0.825. The maximum absolute atomic E-state index is 13.6. The SMILES string of the molecule is CCC1CN(Cc2cc(C(CCc3cn(C(C)C)nn3)CC(=O)O)ccc2C)S(=O)(=O)c2cnccc2O1. The number of fused-ring (bicyclic) bond motifs is 1. The molecule has 11 heteroatoms. The van der Waals surface area contributed by atoms with Gasteiger partial charge in [-0.05, 0) is 68.7 Å². The van der Waals surface area contributed by atoms with Gasteiger partial charge in [-0.3, -0.25) is 9.78 Å². The summed E-state index contributed by atoms with van der Waals surface area (Å²) in [7, 11) is -3.85. The van der Waals surface area contributed by atoms with Crippen LogP contribution < -0.4 is 4.74 Å². The molecule has 0 radical (unpaired) electrons. The van der Waals surface area contributed by atoms with E-state index >= 15 is 0 Å². The first-order valence-corrected chi connectivity index (χ1v) is 14.3. The molecule has 3 heterocycles. The Morgan fingerprint density at radius 1 is 1.26 bits per heavy atom. The van der Waals surface area contributed by atoms with Crippen molar-refractivity contribution >= 4 is 16.0 Å². The van der Waals surface area contributed by atoms with Crippen LogP contribution in [0.5, 0.6) is 5.75 Å². The Labute approximate surface area is 223 Å². The first kappa shape index (κ1) is 27.7. The van der Waals surface area contributed by atoms with Crippen molar-refractivity contribution in [1.29, 1.82) is 0 Å². The summed E-state index contributed by atoms with van der Waals surface area (Å²) in [6.07, 6.45) is 6.24. The molecule has 38 heavy (non-hydrogen) atoms. The lowest BCUT2D eigenvalue weighted by Gasteiger charge is -2.24. The average Bonchev–Trinajstić information content (AvgIpc) is 3.32. The molecule has 204 valence electrons. The molecule has 2 aromatic heterocycles. The minimum Gasteiger partial charge on any atom is -0.488 e. The number of rotatable bonds is 10. The van der Waals surface area contributed by atoms with Crippen molar-refractivity contribution in [2.24, 2.45) is 0 Å². The molecule has 1 aliphatic rings. The third kappa shape index (κ3) is 6.21. The number of sulfonamides is 1. The smallest absolute Gasteiger partial charge is 0.303 e. The first-order chi connectivity index (χ1) is 18.1. The van der Waals surface area contributed by atoms with Gasteiger partial charge in [0.15, 0.2) is 0 Å². The highest BCUT2D eigenvalue weighted by Crippen LogP contribution is 2.33. The van der Waals surface area contributed by atoms with Crippen LogP contribution in [-0.4, -0.2) is 56.4 Å². The van der Waals surface area contributed by atoms with Gasteiger partial charge in [0.05, 0.1) is 24.9 Å². The monoisotopic (exact) mass is 541 g/mol. The number of carbonyl (C=O) groups is 1. The van der Waals surface area contributed by atoms with Crippen LogP contribution in [0.25, 0.3) is 0 Å². The van der Waals surface area contributed by atoms with Crippen LogP contribution in [0.15, 0.2) is 47.8 Å². The number of ether oxygens (including phenoxy) is 1. The maximum Gasteiger partial charge on any atom is 0.303 e. The molecule has 4 rings (SSSR count). The molecule has 0 saturated heterocycles. The summed E-state index contributed by atoms with van der Waals surface area (Å²) in [5.41, 5.74) is 3.44. The minimum absolute atomic E-state index is 0.0341. The second-order valence-corrected chi connectivity index (χ2v) is 12.0. The van der Waals surface area contributed by atoms with Crippen LogP contribution in [0.2, 0.25) is 0 Å². The number of hydrogen-bond acceptors (Lipinski definition) is 7. The number of aliphatic carboxylic acids is 1. The zero-order valence-electron chi connectivity index (χ0n) is 22.2. The van der Waals surface area contributed by atoms with Crippen molar-refractivity contribution in [2.45, 2.75) is 82.9 Å². The zero-order chi connectivity index (χ0) is 27.4. The van der Waals surface area contributed by atoms with E-state index in [1.54, 1.807) is 10.7 Å². The maximum atomic E-state index is 13.6. The van der Waals surface area contributed by atoms with E-state index in [9.17, 15) is 18.3 Å². The Kier molecular flexibility index (Phi) is 8.47. The molecule has 1 aliphatic heterocycles. The molecular weight excluding hydrogens is 506 g/mol. The van der Waals surface area contributed by atoms with Crippen LogP contribution in [0.1, 0.15) is 74.4 Å². The van der Waals surface area contributed by atoms with Crippen LogP contribution in [0, 0.1) is 6.92 Å². The molecule has 1 N–H and O–H groups in total. The van der Waals surface area contributed by atoms with Crippen molar-refractivity contribution in [3.8, 4) is 5.75 Å². The summed E-state index contributed by atoms with van der Waals surface area (Å²) in [5, 5.41) is 18.0. The predicted octanol–water partition coefficient (Wildman–Crippen LogP) is 4.12. The van der Waals surface area contributed by atoms with E-state index in [-0.39, 0.29) is 42.5 Å². The van der Waals surface area contributed by atoms with Gasteiger partial charge in [-0.1, -0.05) is 30.3 Å². The van der Waals surface area contributed by atoms with E-state index in [0.717, 1.165) is 22.4 Å². The highest BCUT2D eigenvalue weighted by atomic mass is 32.2. The van der Waals surface area contributed by atoms with Crippen molar-refractivity contribution in [3.05, 3.63) is 65.2 Å². The molecule has 3 aromatic rings. The Bertz CT molecular complexity index is 1390. The van der Waals surface area contributed by atoms with E-state index in [0.29, 0.717) is 25.0 Å². The lowest BCUT2D eigenvalue weighted by atomic mass is 9.88. The molecular formula is C27H35N5O5S. The molecule has 2 unspecified atom stereocenters. The Morgan fingerprint density at radius 3 is 2.74 bits per heavy atom. The van der Waals surface area contributed by atoms with E-state index < -0.39 is 16.0 Å². The number of carboxylic acid groups (broad SMARTS) is 1. The van der Waals surface area contributed by atoms with Crippen molar-refractivity contribution in [2.75, 3.05) is 6.54 Å². The highest BCUT2D eigenvalue weighted by molar-refractivity contribution is 7.89. The molecule has 0 aliphatic carbocycles. The van der Waals surface area contributed by atoms with Crippen molar-refractivity contribution < 1.29 is 23.1 Å². The lowest BCUT2D eigenvalue weighted by Crippen LogP contribution is -2.36. The number of aryl methyl sites for hydroxylation is 2. The fraction of sp³-hybridized carbons (Fsp3) is 0.481. The summed E-state index contributed by atoms with van der Waals surface area (Å²) >= 11 is 0. The van der Waals surface area contributed by atoms with Crippen LogP contribution in [0.4, 0.5) is 0 Å². The second kappa shape index (κ2) is 11.6. The van der Waals surface area contributed by atoms with E-state index in [4.69, 9.17) is 4.74 Å². The third-order valence-corrected chi connectivity index (χ3v) is 8.79. The quantitative estimate of drug-likeness (QED) is 0.406. The van der Waals surface area contributed by atoms with Crippen LogP contribution >= 0.6 is 0 Å². The molecule has 10 nitrogen and oxygen atoms in total. The Hall–Kier alpha value is -3.31. The standard InChI is InChI=1S/C27H35N5O5S/c1-5-24-17-31(38(35,36)26-14-28-11-10-25(26)37-24)15-22-12-20(7-6-19(22)4)21(13-27(33)34)8-9-23-16-32(18(2)3)30-29-23/h6-7,10-12,14,16,18,21,24H,5,8-9,13,15,17H2,1-4H3,(H,33,34). The second-order valence-electron chi connectivity index (χ2n) is 10.1. The zero-order valence-corrected chi connectivity index (χ0v) is 23.1. The van der Waals surface area contributed by atoms with E-state index in [1.807, 2.05) is 52.1 Å². The highest BCUT2D eigenvalue weighted by Gasteiger charge is 2.35.